The summed E-state index contributed by atoms with van der Waals surface area (Å²) in [5, 5.41) is 0. The molecule has 0 amide bonds. The van der Waals surface area contributed by atoms with Crippen molar-refractivity contribution in [3.63, 3.8) is 0 Å². The molecule has 0 aliphatic carbocycles. The van der Waals surface area contributed by atoms with Crippen LogP contribution in [0.15, 0.2) is 57.5 Å². The lowest BCUT2D eigenvalue weighted by Crippen LogP contribution is -1.94. The topological polar surface area (TPSA) is 0 Å². The van der Waals surface area contributed by atoms with Crippen molar-refractivity contribution in [1.82, 2.24) is 0 Å². The molecule has 0 aromatic heterocycles. The van der Waals surface area contributed by atoms with E-state index in [4.69, 9.17) is 0 Å². The van der Waals surface area contributed by atoms with Crippen molar-refractivity contribution in [3.8, 4) is 0 Å². The minimum absolute atomic E-state index is 0.516. The van der Waals surface area contributed by atoms with E-state index in [1.807, 2.05) is 0 Å². The molecule has 0 heterocycles. The Bertz CT molecular complexity index is 477. The zero-order valence-corrected chi connectivity index (χ0v) is 14.4. The van der Waals surface area contributed by atoms with Crippen LogP contribution < -0.4 is 0 Å². The van der Waals surface area contributed by atoms with Crippen LogP contribution in [0.4, 0.5) is 0 Å². The van der Waals surface area contributed by atoms with Crippen LogP contribution in [0, 0.1) is 0 Å². The number of benzene rings is 2. The molecular formula is C14H11Br2I. The second-order valence-electron chi connectivity index (χ2n) is 3.85. The normalized spacial score (nSPS) is 12.4. The Morgan fingerprint density at radius 1 is 0.824 bits per heavy atom. The molecule has 2 aromatic rings. The molecule has 2 rings (SSSR count). The van der Waals surface area contributed by atoms with Gasteiger partial charge in [0.2, 0.25) is 0 Å². The summed E-state index contributed by atoms with van der Waals surface area (Å²) < 4.78 is 2.78. The van der Waals surface area contributed by atoms with Gasteiger partial charge in [-0.15, -0.1) is 0 Å². The van der Waals surface area contributed by atoms with Crippen LogP contribution in [-0.4, -0.2) is 0 Å². The third kappa shape index (κ3) is 4.07. The Labute approximate surface area is 132 Å². The third-order valence-electron chi connectivity index (χ3n) is 2.56. The van der Waals surface area contributed by atoms with Crippen molar-refractivity contribution >= 4 is 54.5 Å². The summed E-state index contributed by atoms with van der Waals surface area (Å²) in [7, 11) is 0. The highest BCUT2D eigenvalue weighted by Crippen LogP contribution is 2.28. The van der Waals surface area contributed by atoms with E-state index in [0.717, 1.165) is 15.4 Å². The van der Waals surface area contributed by atoms with Gasteiger partial charge in [0.15, 0.2) is 0 Å². The van der Waals surface area contributed by atoms with E-state index in [2.05, 4.69) is 103 Å². The molecular weight excluding hydrogens is 455 g/mol. The molecule has 1 unspecified atom stereocenters. The standard InChI is InChI=1S/C14H11Br2I/c15-12-5-1-10(2-6-12)9-14(17)11-3-7-13(16)8-4-11/h1-8,14H,9H2. The molecule has 0 nitrogen and oxygen atoms in total. The molecule has 88 valence electrons. The van der Waals surface area contributed by atoms with E-state index < -0.39 is 0 Å². The van der Waals surface area contributed by atoms with Gasteiger partial charge < -0.3 is 0 Å². The molecule has 17 heavy (non-hydrogen) atoms. The van der Waals surface area contributed by atoms with Crippen molar-refractivity contribution in [2.45, 2.75) is 10.3 Å². The van der Waals surface area contributed by atoms with Crippen LogP contribution in [0.1, 0.15) is 15.1 Å². The first-order chi connectivity index (χ1) is 8.15. The predicted octanol–water partition coefficient (Wildman–Crippen LogP) is 5.93. The maximum Gasteiger partial charge on any atom is 0.0399 e. The molecule has 0 bridgehead atoms. The maximum absolute atomic E-state index is 3.46. The summed E-state index contributed by atoms with van der Waals surface area (Å²) in [6.07, 6.45) is 1.06. The fourth-order valence-electron chi connectivity index (χ4n) is 1.62. The van der Waals surface area contributed by atoms with Crippen molar-refractivity contribution in [3.05, 3.63) is 68.6 Å². The number of rotatable bonds is 3. The molecule has 0 radical (unpaired) electrons. The van der Waals surface area contributed by atoms with Gasteiger partial charge >= 0.3 is 0 Å². The molecule has 0 N–H and O–H groups in total. The Kier molecular flexibility index (Phi) is 5.06. The average Bonchev–Trinajstić information content (AvgIpc) is 2.33. The van der Waals surface area contributed by atoms with Crippen LogP contribution >= 0.6 is 54.5 Å². The first kappa shape index (κ1) is 13.6. The Balaban J connectivity index is 2.08. The molecule has 0 aliphatic heterocycles. The summed E-state index contributed by atoms with van der Waals surface area (Å²) in [5.74, 6) is 0. The SMILES string of the molecule is Brc1ccc(CC(I)c2ccc(Br)cc2)cc1. The number of hydrogen-bond donors (Lipinski definition) is 0. The molecule has 0 fully saturated rings. The van der Waals surface area contributed by atoms with Gasteiger partial charge in [0, 0.05) is 12.9 Å². The number of hydrogen-bond acceptors (Lipinski definition) is 0. The van der Waals surface area contributed by atoms with E-state index >= 15 is 0 Å². The largest absolute Gasteiger partial charge is 0.0771 e. The first-order valence-corrected chi connectivity index (χ1v) is 8.12. The highest BCUT2D eigenvalue weighted by atomic mass is 127. The minimum atomic E-state index is 0.516. The van der Waals surface area contributed by atoms with Crippen LogP contribution in [0.3, 0.4) is 0 Å². The molecule has 0 spiro atoms. The van der Waals surface area contributed by atoms with Gasteiger partial charge in [-0.2, -0.15) is 0 Å². The zero-order valence-electron chi connectivity index (χ0n) is 9.04. The lowest BCUT2D eigenvalue weighted by molar-refractivity contribution is 0.965. The Morgan fingerprint density at radius 3 is 1.82 bits per heavy atom. The number of alkyl halides is 1. The second-order valence-corrected chi connectivity index (χ2v) is 7.18. The van der Waals surface area contributed by atoms with Crippen LogP contribution in [0.25, 0.3) is 0 Å². The summed E-state index contributed by atoms with van der Waals surface area (Å²) in [6, 6.07) is 17.1. The molecule has 2 aromatic carbocycles. The Morgan fingerprint density at radius 2 is 1.29 bits per heavy atom. The summed E-state index contributed by atoms with van der Waals surface area (Å²) in [6.45, 7) is 0. The van der Waals surface area contributed by atoms with Crippen LogP contribution in [0.2, 0.25) is 0 Å². The molecule has 0 aliphatic rings. The fourth-order valence-corrected chi connectivity index (χ4v) is 3.07. The average molecular weight is 466 g/mol. The van der Waals surface area contributed by atoms with Gasteiger partial charge in [-0.3, -0.25) is 0 Å². The van der Waals surface area contributed by atoms with Gasteiger partial charge in [-0.1, -0.05) is 78.7 Å². The van der Waals surface area contributed by atoms with E-state index in [0.29, 0.717) is 3.92 Å². The predicted molar refractivity (Wildman–Crippen MR) is 88.7 cm³/mol. The van der Waals surface area contributed by atoms with Gasteiger partial charge in [-0.05, 0) is 41.8 Å². The molecule has 0 saturated heterocycles. The highest BCUT2D eigenvalue weighted by Gasteiger charge is 2.08. The smallest absolute Gasteiger partial charge is 0.0399 e. The quantitative estimate of drug-likeness (QED) is 0.389. The van der Waals surface area contributed by atoms with Crippen molar-refractivity contribution in [1.29, 1.82) is 0 Å². The van der Waals surface area contributed by atoms with E-state index in [-0.39, 0.29) is 0 Å². The van der Waals surface area contributed by atoms with Gasteiger partial charge in [0.1, 0.15) is 0 Å². The summed E-state index contributed by atoms with van der Waals surface area (Å²) in [4.78, 5) is 0. The molecule has 1 atom stereocenters. The molecule has 3 heteroatoms. The van der Waals surface area contributed by atoms with Gasteiger partial charge in [0.05, 0.1) is 0 Å². The van der Waals surface area contributed by atoms with E-state index in [1.54, 1.807) is 0 Å². The minimum Gasteiger partial charge on any atom is -0.0771 e. The highest BCUT2D eigenvalue weighted by molar-refractivity contribution is 14.1. The fraction of sp³-hybridized carbons (Fsp3) is 0.143. The Hall–Kier alpha value is 0.130. The third-order valence-corrected chi connectivity index (χ3v) is 4.78. The van der Waals surface area contributed by atoms with Crippen molar-refractivity contribution < 1.29 is 0 Å². The lowest BCUT2D eigenvalue weighted by atomic mass is 10.0. The van der Waals surface area contributed by atoms with Gasteiger partial charge in [0.25, 0.3) is 0 Å². The zero-order chi connectivity index (χ0) is 12.3. The monoisotopic (exact) mass is 464 g/mol. The van der Waals surface area contributed by atoms with Crippen LogP contribution in [-0.2, 0) is 6.42 Å². The van der Waals surface area contributed by atoms with Crippen molar-refractivity contribution in [2.24, 2.45) is 0 Å². The maximum atomic E-state index is 3.46. The molecule has 0 saturated carbocycles. The number of halogens is 3. The van der Waals surface area contributed by atoms with E-state index in [9.17, 15) is 0 Å². The first-order valence-electron chi connectivity index (χ1n) is 5.29. The van der Waals surface area contributed by atoms with E-state index in [1.165, 1.54) is 11.1 Å². The second kappa shape index (κ2) is 6.34. The van der Waals surface area contributed by atoms with Gasteiger partial charge in [-0.25, -0.2) is 0 Å². The summed E-state index contributed by atoms with van der Waals surface area (Å²) >= 11 is 9.42. The van der Waals surface area contributed by atoms with Crippen LogP contribution in [0.5, 0.6) is 0 Å². The summed E-state index contributed by atoms with van der Waals surface area (Å²) in [5.41, 5.74) is 2.74. The lowest BCUT2D eigenvalue weighted by Gasteiger charge is -2.10. The van der Waals surface area contributed by atoms with Crippen molar-refractivity contribution in [2.75, 3.05) is 0 Å².